The Morgan fingerprint density at radius 3 is 2.30 bits per heavy atom. The van der Waals surface area contributed by atoms with Crippen molar-refractivity contribution >= 4 is 15.8 Å². The third kappa shape index (κ3) is 4.28. The molecule has 0 aliphatic heterocycles. The lowest BCUT2D eigenvalue weighted by molar-refractivity contribution is -0.134. The summed E-state index contributed by atoms with van der Waals surface area (Å²) in [7, 11) is -3.46. The van der Waals surface area contributed by atoms with E-state index in [0.717, 1.165) is 0 Å². The van der Waals surface area contributed by atoms with E-state index in [-0.39, 0.29) is 12.3 Å². The molecular weight excluding hydrogens is 158 g/mol. The Balaban J connectivity index is 4.02. The quantitative estimate of drug-likeness (QED) is 0.528. The summed E-state index contributed by atoms with van der Waals surface area (Å²) in [6, 6.07) is 0. The molecule has 0 saturated heterocycles. The molecule has 0 unspecified atom stereocenters. The summed E-state index contributed by atoms with van der Waals surface area (Å²) in [6.07, 6.45) is 0. The lowest BCUT2D eigenvalue weighted by Gasteiger charge is -1.95. The largest absolute Gasteiger partial charge is 0.480 e. The minimum atomic E-state index is -3.46. The van der Waals surface area contributed by atoms with Gasteiger partial charge in [-0.05, 0) is 0 Å². The van der Waals surface area contributed by atoms with Gasteiger partial charge in [-0.3, -0.25) is 4.79 Å². The van der Waals surface area contributed by atoms with Crippen LogP contribution in [0.4, 0.5) is 0 Å². The maximum atomic E-state index is 10.6. The standard InChI is InChI=1S/C4H9NO4S/c5-1-2-10(8,9)3-4(6)7/h1-3,5H2,(H,6,7). The molecule has 0 aromatic carbocycles. The molecule has 5 nitrogen and oxygen atoms in total. The van der Waals surface area contributed by atoms with Crippen LogP contribution in [0.15, 0.2) is 0 Å². The van der Waals surface area contributed by atoms with E-state index in [4.69, 9.17) is 10.8 Å². The third-order valence-electron chi connectivity index (χ3n) is 0.772. The van der Waals surface area contributed by atoms with Crippen molar-refractivity contribution in [2.75, 3.05) is 18.1 Å². The normalized spacial score (nSPS) is 11.3. The van der Waals surface area contributed by atoms with Crippen LogP contribution in [0.25, 0.3) is 0 Å². The zero-order chi connectivity index (χ0) is 8.20. The molecule has 0 spiro atoms. The second-order valence-electron chi connectivity index (χ2n) is 1.77. The highest BCUT2D eigenvalue weighted by Crippen LogP contribution is 1.87. The zero-order valence-corrected chi connectivity index (χ0v) is 6.10. The molecule has 0 saturated carbocycles. The van der Waals surface area contributed by atoms with E-state index in [1.807, 2.05) is 0 Å². The number of sulfone groups is 1. The van der Waals surface area contributed by atoms with Gasteiger partial charge in [0, 0.05) is 6.54 Å². The molecule has 0 atom stereocenters. The van der Waals surface area contributed by atoms with Crippen LogP contribution in [-0.4, -0.2) is 37.5 Å². The van der Waals surface area contributed by atoms with Gasteiger partial charge in [0.05, 0.1) is 5.75 Å². The Hall–Kier alpha value is -0.620. The number of carboxylic acid groups (broad SMARTS) is 1. The number of rotatable bonds is 4. The Morgan fingerprint density at radius 1 is 1.50 bits per heavy atom. The second-order valence-corrected chi connectivity index (χ2v) is 3.96. The fourth-order valence-corrected chi connectivity index (χ4v) is 1.32. The molecule has 3 N–H and O–H groups in total. The van der Waals surface area contributed by atoms with Crippen molar-refractivity contribution in [1.29, 1.82) is 0 Å². The van der Waals surface area contributed by atoms with Crippen LogP contribution < -0.4 is 5.73 Å². The van der Waals surface area contributed by atoms with Gasteiger partial charge in [-0.1, -0.05) is 0 Å². The van der Waals surface area contributed by atoms with Gasteiger partial charge in [-0.2, -0.15) is 0 Å². The smallest absolute Gasteiger partial charge is 0.318 e. The average Bonchev–Trinajstić information content (AvgIpc) is 1.59. The van der Waals surface area contributed by atoms with Crippen molar-refractivity contribution in [2.45, 2.75) is 0 Å². The third-order valence-corrected chi connectivity index (χ3v) is 2.32. The first-order chi connectivity index (χ1) is 4.48. The molecule has 0 rings (SSSR count). The summed E-state index contributed by atoms with van der Waals surface area (Å²) in [4.78, 5) is 9.87. The van der Waals surface area contributed by atoms with Gasteiger partial charge in [0.25, 0.3) is 0 Å². The van der Waals surface area contributed by atoms with E-state index in [9.17, 15) is 13.2 Å². The fourth-order valence-electron chi connectivity index (χ4n) is 0.440. The number of hydrogen-bond acceptors (Lipinski definition) is 4. The monoisotopic (exact) mass is 167 g/mol. The van der Waals surface area contributed by atoms with Crippen molar-refractivity contribution in [3.63, 3.8) is 0 Å². The topological polar surface area (TPSA) is 97.5 Å². The summed E-state index contributed by atoms with van der Waals surface area (Å²) < 4.78 is 21.2. The highest BCUT2D eigenvalue weighted by molar-refractivity contribution is 7.92. The molecule has 0 radical (unpaired) electrons. The van der Waals surface area contributed by atoms with E-state index in [1.54, 1.807) is 0 Å². The van der Waals surface area contributed by atoms with Crippen molar-refractivity contribution < 1.29 is 18.3 Å². The van der Waals surface area contributed by atoms with E-state index in [0.29, 0.717) is 0 Å². The Kier molecular flexibility index (Phi) is 3.31. The van der Waals surface area contributed by atoms with Crippen LogP contribution in [-0.2, 0) is 14.6 Å². The average molecular weight is 167 g/mol. The summed E-state index contributed by atoms with van der Waals surface area (Å²) in [5.41, 5.74) is 4.92. The number of carbonyl (C=O) groups is 1. The zero-order valence-electron chi connectivity index (χ0n) is 5.28. The molecule has 0 bridgehead atoms. The molecule has 0 aliphatic carbocycles. The van der Waals surface area contributed by atoms with Crippen molar-refractivity contribution in [2.24, 2.45) is 5.73 Å². The molecule has 0 aliphatic rings. The molecule has 0 aromatic heterocycles. The first kappa shape index (κ1) is 9.38. The van der Waals surface area contributed by atoms with Gasteiger partial charge in [-0.25, -0.2) is 8.42 Å². The summed E-state index contributed by atoms with van der Waals surface area (Å²) in [5, 5.41) is 8.06. The van der Waals surface area contributed by atoms with E-state index >= 15 is 0 Å². The predicted octanol–water partition coefficient (Wildman–Crippen LogP) is -1.56. The SMILES string of the molecule is NCCS(=O)(=O)CC(=O)O. The first-order valence-electron chi connectivity index (χ1n) is 2.60. The number of carboxylic acids is 1. The molecule has 0 heterocycles. The highest BCUT2D eigenvalue weighted by Gasteiger charge is 2.13. The molecule has 0 fully saturated rings. The van der Waals surface area contributed by atoms with Gasteiger partial charge < -0.3 is 10.8 Å². The summed E-state index contributed by atoms with van der Waals surface area (Å²) >= 11 is 0. The van der Waals surface area contributed by atoms with Crippen LogP contribution >= 0.6 is 0 Å². The van der Waals surface area contributed by atoms with E-state index < -0.39 is 21.6 Å². The van der Waals surface area contributed by atoms with Crippen LogP contribution in [0, 0.1) is 0 Å². The van der Waals surface area contributed by atoms with Gasteiger partial charge in [0.2, 0.25) is 0 Å². The minimum Gasteiger partial charge on any atom is -0.480 e. The van der Waals surface area contributed by atoms with Crippen LogP contribution in [0.3, 0.4) is 0 Å². The van der Waals surface area contributed by atoms with Gasteiger partial charge >= 0.3 is 5.97 Å². The fraction of sp³-hybridized carbons (Fsp3) is 0.750. The van der Waals surface area contributed by atoms with Crippen molar-refractivity contribution in [1.82, 2.24) is 0 Å². The second kappa shape index (κ2) is 3.52. The van der Waals surface area contributed by atoms with Crippen molar-refractivity contribution in [3.8, 4) is 0 Å². The molecule has 60 valence electrons. The molecule has 10 heavy (non-hydrogen) atoms. The summed E-state index contributed by atoms with van der Waals surface area (Å²) in [5.74, 6) is -2.43. The Bertz CT molecular complexity index is 207. The first-order valence-corrected chi connectivity index (χ1v) is 4.42. The molecule has 0 amide bonds. The van der Waals surface area contributed by atoms with Crippen LogP contribution in [0.5, 0.6) is 0 Å². The maximum absolute atomic E-state index is 10.6. The Morgan fingerprint density at radius 2 is 2.00 bits per heavy atom. The van der Waals surface area contributed by atoms with E-state index in [1.165, 1.54) is 0 Å². The van der Waals surface area contributed by atoms with Gasteiger partial charge in [0.1, 0.15) is 5.75 Å². The molecule has 0 aromatic rings. The predicted molar refractivity (Wildman–Crippen MR) is 35.3 cm³/mol. The maximum Gasteiger partial charge on any atom is 0.318 e. The molecular formula is C4H9NO4S. The van der Waals surface area contributed by atoms with Gasteiger partial charge in [-0.15, -0.1) is 0 Å². The number of hydrogen-bond donors (Lipinski definition) is 2. The Labute approximate surface area is 58.8 Å². The number of aliphatic carboxylic acids is 1. The number of nitrogens with two attached hydrogens (primary N) is 1. The summed E-state index contributed by atoms with van der Waals surface area (Å²) in [6.45, 7) is -0.0321. The molecule has 6 heteroatoms. The highest BCUT2D eigenvalue weighted by atomic mass is 32.2. The lowest BCUT2D eigenvalue weighted by atomic mass is 10.8. The van der Waals surface area contributed by atoms with Crippen LogP contribution in [0.2, 0.25) is 0 Å². The van der Waals surface area contributed by atoms with E-state index in [2.05, 4.69) is 0 Å². The lowest BCUT2D eigenvalue weighted by Crippen LogP contribution is -2.22. The van der Waals surface area contributed by atoms with Crippen LogP contribution in [0.1, 0.15) is 0 Å². The minimum absolute atomic E-state index is 0.0321. The van der Waals surface area contributed by atoms with Gasteiger partial charge in [0.15, 0.2) is 9.84 Å². The van der Waals surface area contributed by atoms with Crippen molar-refractivity contribution in [3.05, 3.63) is 0 Å².